The Morgan fingerprint density at radius 1 is 1.08 bits per heavy atom. The number of hydrogen-bond acceptors (Lipinski definition) is 1. The zero-order valence-corrected chi connectivity index (χ0v) is 9.18. The molecule has 0 radical (unpaired) electrons. The Hall–Kier alpha value is -0.300. The van der Waals surface area contributed by atoms with E-state index in [1.54, 1.807) is 0 Å². The van der Waals surface area contributed by atoms with Gasteiger partial charge in [0.15, 0.2) is 0 Å². The van der Waals surface area contributed by atoms with Crippen LogP contribution in [0.3, 0.4) is 0 Å². The molecule has 0 spiro atoms. The molecule has 0 aromatic heterocycles. The SMILES string of the molecule is CCCCCCCCC=C(C)CO. The van der Waals surface area contributed by atoms with Gasteiger partial charge in [0.25, 0.3) is 0 Å². The number of aliphatic hydroxyl groups is 1. The van der Waals surface area contributed by atoms with Crippen LogP contribution in [0.4, 0.5) is 0 Å². The minimum Gasteiger partial charge on any atom is -0.392 e. The van der Waals surface area contributed by atoms with E-state index in [1.807, 2.05) is 6.92 Å². The molecule has 0 fully saturated rings. The van der Waals surface area contributed by atoms with Crippen molar-refractivity contribution in [1.82, 2.24) is 0 Å². The van der Waals surface area contributed by atoms with Crippen molar-refractivity contribution in [2.24, 2.45) is 0 Å². The van der Waals surface area contributed by atoms with Gasteiger partial charge in [-0.25, -0.2) is 0 Å². The van der Waals surface area contributed by atoms with E-state index in [-0.39, 0.29) is 6.61 Å². The quantitative estimate of drug-likeness (QED) is 0.451. The third-order valence-corrected chi connectivity index (χ3v) is 2.30. The smallest absolute Gasteiger partial charge is 0.0639 e. The monoisotopic (exact) mass is 184 g/mol. The zero-order valence-electron chi connectivity index (χ0n) is 9.18. The molecule has 0 rings (SSSR count). The van der Waals surface area contributed by atoms with E-state index in [2.05, 4.69) is 13.0 Å². The maximum absolute atomic E-state index is 8.74. The zero-order chi connectivity index (χ0) is 9.94. The highest BCUT2D eigenvalue weighted by Crippen LogP contribution is 2.08. The van der Waals surface area contributed by atoms with Crippen molar-refractivity contribution in [2.45, 2.75) is 58.8 Å². The van der Waals surface area contributed by atoms with E-state index in [0.29, 0.717) is 0 Å². The topological polar surface area (TPSA) is 20.2 Å². The summed E-state index contributed by atoms with van der Waals surface area (Å²) in [6, 6.07) is 0. The van der Waals surface area contributed by atoms with Gasteiger partial charge in [-0.2, -0.15) is 0 Å². The molecule has 0 aliphatic heterocycles. The lowest BCUT2D eigenvalue weighted by Gasteiger charge is -1.98. The first-order chi connectivity index (χ1) is 6.31. The van der Waals surface area contributed by atoms with Gasteiger partial charge in [-0.1, -0.05) is 50.7 Å². The Labute approximate surface area is 82.9 Å². The van der Waals surface area contributed by atoms with Crippen LogP contribution in [0.5, 0.6) is 0 Å². The molecule has 0 aliphatic carbocycles. The van der Waals surface area contributed by atoms with Crippen molar-refractivity contribution in [1.29, 1.82) is 0 Å². The molecule has 0 unspecified atom stereocenters. The number of allylic oxidation sites excluding steroid dienone is 1. The molecule has 0 saturated heterocycles. The van der Waals surface area contributed by atoms with Crippen LogP contribution in [0.1, 0.15) is 58.8 Å². The fraction of sp³-hybridized carbons (Fsp3) is 0.833. The lowest BCUT2D eigenvalue weighted by atomic mass is 10.1. The standard InChI is InChI=1S/C12H24O/c1-3-4-5-6-7-8-9-10-12(2)11-13/h10,13H,3-9,11H2,1-2H3. The molecule has 0 heterocycles. The van der Waals surface area contributed by atoms with Crippen LogP contribution < -0.4 is 0 Å². The number of aliphatic hydroxyl groups excluding tert-OH is 1. The fourth-order valence-corrected chi connectivity index (χ4v) is 1.34. The summed E-state index contributed by atoms with van der Waals surface area (Å²) < 4.78 is 0. The van der Waals surface area contributed by atoms with Gasteiger partial charge in [0.1, 0.15) is 0 Å². The second kappa shape index (κ2) is 9.79. The van der Waals surface area contributed by atoms with Gasteiger partial charge < -0.3 is 5.11 Å². The van der Waals surface area contributed by atoms with Gasteiger partial charge in [-0.15, -0.1) is 0 Å². The maximum atomic E-state index is 8.74. The normalized spacial score (nSPS) is 12.1. The molecule has 0 aromatic rings. The minimum absolute atomic E-state index is 0.218. The van der Waals surface area contributed by atoms with Crippen molar-refractivity contribution < 1.29 is 5.11 Å². The predicted molar refractivity (Wildman–Crippen MR) is 58.8 cm³/mol. The van der Waals surface area contributed by atoms with Crippen molar-refractivity contribution in [3.8, 4) is 0 Å². The second-order valence-corrected chi connectivity index (χ2v) is 3.77. The first-order valence-corrected chi connectivity index (χ1v) is 5.57. The van der Waals surface area contributed by atoms with Crippen molar-refractivity contribution in [3.05, 3.63) is 11.6 Å². The maximum Gasteiger partial charge on any atom is 0.0639 e. The van der Waals surface area contributed by atoms with Gasteiger partial charge in [0.05, 0.1) is 6.61 Å². The Bertz CT molecular complexity index is 127. The summed E-state index contributed by atoms with van der Waals surface area (Å²) in [5.74, 6) is 0. The molecule has 0 bridgehead atoms. The van der Waals surface area contributed by atoms with Crippen LogP contribution in [0, 0.1) is 0 Å². The molecular weight excluding hydrogens is 160 g/mol. The van der Waals surface area contributed by atoms with Crippen molar-refractivity contribution in [2.75, 3.05) is 6.61 Å². The van der Waals surface area contributed by atoms with E-state index in [0.717, 1.165) is 12.0 Å². The van der Waals surface area contributed by atoms with Crippen LogP contribution in [0.2, 0.25) is 0 Å². The van der Waals surface area contributed by atoms with Gasteiger partial charge in [-0.3, -0.25) is 0 Å². The van der Waals surface area contributed by atoms with Crippen LogP contribution in [-0.4, -0.2) is 11.7 Å². The second-order valence-electron chi connectivity index (χ2n) is 3.77. The highest BCUT2D eigenvalue weighted by atomic mass is 16.3. The van der Waals surface area contributed by atoms with E-state index in [1.165, 1.54) is 38.5 Å². The lowest BCUT2D eigenvalue weighted by Crippen LogP contribution is -1.84. The third kappa shape index (κ3) is 9.62. The number of unbranched alkanes of at least 4 members (excludes halogenated alkanes) is 6. The average molecular weight is 184 g/mol. The number of hydrogen-bond donors (Lipinski definition) is 1. The molecular formula is C12H24O. The molecule has 0 aliphatic rings. The molecule has 78 valence electrons. The van der Waals surface area contributed by atoms with Gasteiger partial charge in [0, 0.05) is 0 Å². The fourth-order valence-electron chi connectivity index (χ4n) is 1.34. The van der Waals surface area contributed by atoms with Crippen LogP contribution in [-0.2, 0) is 0 Å². The van der Waals surface area contributed by atoms with Crippen LogP contribution in [0.15, 0.2) is 11.6 Å². The summed E-state index contributed by atoms with van der Waals surface area (Å²) >= 11 is 0. The summed E-state index contributed by atoms with van der Waals surface area (Å²) in [7, 11) is 0. The number of rotatable bonds is 8. The summed E-state index contributed by atoms with van der Waals surface area (Å²) in [5.41, 5.74) is 1.11. The molecule has 1 N–H and O–H groups in total. The Balaban J connectivity index is 3.08. The minimum atomic E-state index is 0.218. The van der Waals surface area contributed by atoms with Crippen molar-refractivity contribution >= 4 is 0 Å². The van der Waals surface area contributed by atoms with E-state index >= 15 is 0 Å². The highest BCUT2D eigenvalue weighted by molar-refractivity contribution is 4.97. The first-order valence-electron chi connectivity index (χ1n) is 5.57. The molecule has 0 saturated carbocycles. The summed E-state index contributed by atoms with van der Waals surface area (Å²) in [5, 5.41) is 8.74. The molecule has 0 aromatic carbocycles. The lowest BCUT2D eigenvalue weighted by molar-refractivity contribution is 0.331. The summed E-state index contributed by atoms with van der Waals surface area (Å²) in [6.07, 6.45) is 11.4. The van der Waals surface area contributed by atoms with Crippen LogP contribution in [0.25, 0.3) is 0 Å². The Kier molecular flexibility index (Phi) is 9.56. The van der Waals surface area contributed by atoms with Gasteiger partial charge in [0.2, 0.25) is 0 Å². The Morgan fingerprint density at radius 3 is 2.31 bits per heavy atom. The summed E-state index contributed by atoms with van der Waals surface area (Å²) in [6.45, 7) is 4.44. The molecule has 13 heavy (non-hydrogen) atoms. The van der Waals surface area contributed by atoms with E-state index in [4.69, 9.17) is 5.11 Å². The molecule has 1 nitrogen and oxygen atoms in total. The average Bonchev–Trinajstić information content (AvgIpc) is 2.16. The third-order valence-electron chi connectivity index (χ3n) is 2.30. The predicted octanol–water partition coefficient (Wildman–Crippen LogP) is 3.68. The van der Waals surface area contributed by atoms with Crippen LogP contribution >= 0.6 is 0 Å². The van der Waals surface area contributed by atoms with Gasteiger partial charge in [-0.05, 0) is 19.8 Å². The van der Waals surface area contributed by atoms with Crippen molar-refractivity contribution in [3.63, 3.8) is 0 Å². The van der Waals surface area contributed by atoms with Gasteiger partial charge >= 0.3 is 0 Å². The first kappa shape index (κ1) is 12.7. The van der Waals surface area contributed by atoms with E-state index < -0.39 is 0 Å². The molecule has 1 heteroatoms. The Morgan fingerprint density at radius 2 is 1.69 bits per heavy atom. The molecule has 0 atom stereocenters. The summed E-state index contributed by atoms with van der Waals surface area (Å²) in [4.78, 5) is 0. The largest absolute Gasteiger partial charge is 0.392 e. The highest BCUT2D eigenvalue weighted by Gasteiger charge is 1.89. The molecule has 0 amide bonds. The van der Waals surface area contributed by atoms with E-state index in [9.17, 15) is 0 Å².